The predicted octanol–water partition coefficient (Wildman–Crippen LogP) is 17.8. The molecule has 0 bridgehead atoms. The number of pyridine rings is 1. The number of aromatic nitrogens is 2. The Kier molecular flexibility index (Phi) is 8.79. The minimum atomic E-state index is -0.623. The fourth-order valence-corrected chi connectivity index (χ4v) is 13.6. The van der Waals surface area contributed by atoms with Crippen LogP contribution in [-0.4, -0.2) is 9.55 Å². The Balaban J connectivity index is 1.03. The summed E-state index contributed by atoms with van der Waals surface area (Å²) < 4.78 is 5.12. The number of fused-ring (bicyclic) bond motifs is 16. The van der Waals surface area contributed by atoms with Gasteiger partial charge in [-0.15, -0.1) is 11.3 Å². The monoisotopic (exact) mass is 923 g/mol. The van der Waals surface area contributed by atoms with Crippen LogP contribution in [0.15, 0.2) is 224 Å². The maximum Gasteiger partial charge on any atom is 0.138 e. The summed E-state index contributed by atoms with van der Waals surface area (Å²) in [5.41, 5.74) is 22.4. The van der Waals surface area contributed by atoms with Crippen LogP contribution in [0.5, 0.6) is 0 Å². The van der Waals surface area contributed by atoms with Crippen LogP contribution in [0.4, 0.5) is 17.2 Å². The molecule has 12 aromatic rings. The summed E-state index contributed by atoms with van der Waals surface area (Å²) in [7, 11) is 0. The molecule has 3 nitrogen and oxygen atoms in total. The number of thiophene rings is 1. The Morgan fingerprint density at radius 3 is 2.07 bits per heavy atom. The fourth-order valence-electron chi connectivity index (χ4n) is 12.5. The molecule has 1 aliphatic heterocycles. The normalized spacial score (nSPS) is 15.3. The SMILES string of the molecule is Cc1ccc(-n2c3c(c4cc(-c5ccc6c(c5)N(c5cc(-c7ccccc7)cc(-c7ccccc7)n5)c5ccccc5C65c6ccccc6-c6c5ccc5sc7ccccc7c65)ccc42)C=CCC3)cc1. The molecule has 4 heteroatoms. The quantitative estimate of drug-likeness (QED) is 0.171. The molecule has 2 aliphatic carbocycles. The van der Waals surface area contributed by atoms with E-state index in [4.69, 9.17) is 4.98 Å². The highest BCUT2D eigenvalue weighted by Gasteiger charge is 2.52. The number of para-hydroxylation sites is 1. The number of allylic oxidation sites excluding steroid dienone is 1. The van der Waals surface area contributed by atoms with Gasteiger partial charge in [-0.05, 0) is 136 Å². The minimum absolute atomic E-state index is 0.623. The highest BCUT2D eigenvalue weighted by molar-refractivity contribution is 7.26. The summed E-state index contributed by atoms with van der Waals surface area (Å²) in [5, 5.41) is 3.94. The van der Waals surface area contributed by atoms with Gasteiger partial charge in [-0.25, -0.2) is 4.98 Å². The van der Waals surface area contributed by atoms with Gasteiger partial charge in [-0.1, -0.05) is 175 Å². The smallest absolute Gasteiger partial charge is 0.138 e. The molecule has 1 spiro atoms. The highest BCUT2D eigenvalue weighted by atomic mass is 32.1. The lowest BCUT2D eigenvalue weighted by atomic mass is 9.64. The number of nitrogens with zero attached hydrogens (tertiary/aromatic N) is 3. The number of rotatable bonds is 5. The van der Waals surface area contributed by atoms with E-state index >= 15 is 0 Å². The molecule has 3 aliphatic rings. The number of hydrogen-bond donors (Lipinski definition) is 0. The van der Waals surface area contributed by atoms with E-state index in [0.29, 0.717) is 0 Å². The number of anilines is 3. The van der Waals surface area contributed by atoms with Crippen molar-refractivity contribution < 1.29 is 0 Å². The van der Waals surface area contributed by atoms with Crippen molar-refractivity contribution in [2.75, 3.05) is 4.90 Å². The van der Waals surface area contributed by atoms with Gasteiger partial charge in [0.15, 0.2) is 0 Å². The van der Waals surface area contributed by atoms with Gasteiger partial charge in [0.1, 0.15) is 5.82 Å². The first kappa shape index (κ1) is 40.3. The highest BCUT2D eigenvalue weighted by Crippen LogP contribution is 2.65. The van der Waals surface area contributed by atoms with E-state index < -0.39 is 5.41 Å². The molecule has 3 aromatic heterocycles. The van der Waals surface area contributed by atoms with Crippen molar-refractivity contribution in [2.24, 2.45) is 0 Å². The Bertz CT molecular complexity index is 4120. The van der Waals surface area contributed by atoms with Crippen LogP contribution in [-0.2, 0) is 11.8 Å². The number of aryl methyl sites for hydroxylation is 1. The molecule has 0 saturated carbocycles. The largest absolute Gasteiger partial charge is 0.313 e. The summed E-state index contributed by atoms with van der Waals surface area (Å²) in [6, 6.07) is 81.5. The lowest BCUT2D eigenvalue weighted by Crippen LogP contribution is -2.36. The van der Waals surface area contributed by atoms with E-state index in [1.54, 1.807) is 0 Å². The van der Waals surface area contributed by atoms with Crippen LogP contribution in [0.2, 0.25) is 0 Å². The molecule has 15 rings (SSSR count). The molecule has 334 valence electrons. The molecule has 1 atom stereocenters. The van der Waals surface area contributed by atoms with Gasteiger partial charge in [0, 0.05) is 48.1 Å². The van der Waals surface area contributed by atoms with Crippen LogP contribution in [0.1, 0.15) is 45.5 Å². The van der Waals surface area contributed by atoms with Gasteiger partial charge in [0.05, 0.1) is 28.0 Å². The lowest BCUT2D eigenvalue weighted by molar-refractivity contribution is 0.752. The zero-order valence-electron chi connectivity index (χ0n) is 39.1. The molecule has 1 unspecified atom stereocenters. The van der Waals surface area contributed by atoms with Crippen molar-refractivity contribution in [3.05, 3.63) is 264 Å². The minimum Gasteiger partial charge on any atom is -0.313 e. The van der Waals surface area contributed by atoms with E-state index in [1.165, 1.54) is 92.5 Å². The molecule has 0 amide bonds. The van der Waals surface area contributed by atoms with Gasteiger partial charge < -0.3 is 4.57 Å². The van der Waals surface area contributed by atoms with Gasteiger partial charge in [0.25, 0.3) is 0 Å². The third-order valence-corrected chi connectivity index (χ3v) is 16.7. The van der Waals surface area contributed by atoms with Crippen LogP contribution in [0, 0.1) is 6.92 Å². The zero-order chi connectivity index (χ0) is 46.8. The number of hydrogen-bond acceptors (Lipinski definition) is 3. The third kappa shape index (κ3) is 5.86. The van der Waals surface area contributed by atoms with Gasteiger partial charge >= 0.3 is 0 Å². The van der Waals surface area contributed by atoms with Gasteiger partial charge in [0.2, 0.25) is 0 Å². The third-order valence-electron chi connectivity index (χ3n) is 15.5. The summed E-state index contributed by atoms with van der Waals surface area (Å²) in [5.74, 6) is 0.876. The predicted molar refractivity (Wildman–Crippen MR) is 298 cm³/mol. The summed E-state index contributed by atoms with van der Waals surface area (Å²) in [6.45, 7) is 2.16. The molecule has 0 N–H and O–H groups in total. The average Bonchev–Trinajstić information content (AvgIpc) is 4.09. The van der Waals surface area contributed by atoms with E-state index in [1.807, 2.05) is 11.3 Å². The second-order valence-corrected chi connectivity index (χ2v) is 20.5. The van der Waals surface area contributed by atoms with Crippen LogP contribution < -0.4 is 4.90 Å². The molecule has 4 heterocycles. The topological polar surface area (TPSA) is 21.1 Å². The van der Waals surface area contributed by atoms with Crippen LogP contribution >= 0.6 is 11.3 Å². The summed E-state index contributed by atoms with van der Waals surface area (Å²) in [6.07, 6.45) is 6.74. The first-order valence-corrected chi connectivity index (χ1v) is 25.6. The van der Waals surface area contributed by atoms with Crippen LogP contribution in [0.3, 0.4) is 0 Å². The van der Waals surface area contributed by atoms with Crippen molar-refractivity contribution in [3.8, 4) is 50.3 Å². The number of benzene rings is 9. The average molecular weight is 924 g/mol. The van der Waals surface area contributed by atoms with E-state index in [0.717, 1.165) is 58.0 Å². The van der Waals surface area contributed by atoms with Crippen molar-refractivity contribution >= 4 is 65.7 Å². The molecule has 0 saturated heterocycles. The first-order chi connectivity index (χ1) is 35.1. The molecule has 9 aromatic carbocycles. The summed E-state index contributed by atoms with van der Waals surface area (Å²) in [4.78, 5) is 8.13. The maximum atomic E-state index is 5.67. The van der Waals surface area contributed by atoms with Crippen molar-refractivity contribution in [3.63, 3.8) is 0 Å². The molecular formula is C67H45N3S. The van der Waals surface area contributed by atoms with Gasteiger partial charge in [-0.2, -0.15) is 0 Å². The lowest BCUT2D eigenvalue weighted by Gasteiger charge is -2.45. The molecular weight excluding hydrogens is 879 g/mol. The second kappa shape index (κ2) is 15.5. The van der Waals surface area contributed by atoms with E-state index in [9.17, 15) is 0 Å². The molecule has 71 heavy (non-hydrogen) atoms. The van der Waals surface area contributed by atoms with Crippen LogP contribution in [0.25, 0.3) is 87.5 Å². The molecule has 0 radical (unpaired) electrons. The Morgan fingerprint density at radius 1 is 0.507 bits per heavy atom. The Hall–Kier alpha value is -8.57. The Labute approximate surface area is 416 Å². The van der Waals surface area contributed by atoms with Crippen molar-refractivity contribution in [2.45, 2.75) is 25.2 Å². The first-order valence-electron chi connectivity index (χ1n) is 24.7. The summed E-state index contributed by atoms with van der Waals surface area (Å²) >= 11 is 1.89. The van der Waals surface area contributed by atoms with Crippen molar-refractivity contribution in [1.29, 1.82) is 0 Å². The Morgan fingerprint density at radius 2 is 1.21 bits per heavy atom. The molecule has 0 fully saturated rings. The fraction of sp³-hybridized carbons (Fsp3) is 0.0597. The zero-order valence-corrected chi connectivity index (χ0v) is 39.9. The standard InChI is InChI=1S/C67H45N3S/c1-42-28-32-48(33-29-42)69-58-25-13-9-20-49(58)52-38-45(31-36-59(52)69)46-30-34-55-61(40-46)70(64-41-47(43-16-4-2-5-17-43)39-57(68-64)44-18-6-3-7-19-44)60-26-14-12-24-54(60)67(55)53-23-11-8-21-50(53)65-56(67)35-37-63-66(65)51-22-10-15-27-62(51)71-63/h2-12,14-24,26-41H,13,25H2,1H3. The van der Waals surface area contributed by atoms with Gasteiger partial charge in [-0.3, -0.25) is 4.90 Å². The van der Waals surface area contributed by atoms with E-state index in [2.05, 4.69) is 247 Å². The maximum absolute atomic E-state index is 5.67. The second-order valence-electron chi connectivity index (χ2n) is 19.4. The van der Waals surface area contributed by atoms with E-state index in [-0.39, 0.29) is 0 Å². The van der Waals surface area contributed by atoms with Crippen molar-refractivity contribution in [1.82, 2.24) is 9.55 Å².